The summed E-state index contributed by atoms with van der Waals surface area (Å²) in [7, 11) is 1.65. The number of nitrogens with zero attached hydrogens (tertiary/aromatic N) is 3. The highest BCUT2D eigenvalue weighted by molar-refractivity contribution is 7.13. The summed E-state index contributed by atoms with van der Waals surface area (Å²) in [5, 5.41) is 6.15. The number of thiophene rings is 1. The minimum absolute atomic E-state index is 0.0327. The molecule has 1 amide bonds. The van der Waals surface area contributed by atoms with Gasteiger partial charge in [0, 0.05) is 13.0 Å². The molecule has 0 bridgehead atoms. The standard InChI is InChI=1S/C22H25N3O4S/c1-28-17-10-8-16(9-11-17)18-6-3-2-4-13-24(18)20(26)12-14-25-22(27)29-21(23-25)19-7-5-15-30-19/h5,7-11,15,18H,2-4,6,12-14H2,1H3. The number of hydrogen-bond acceptors (Lipinski definition) is 6. The van der Waals surface area contributed by atoms with Crippen molar-refractivity contribution in [3.8, 4) is 16.5 Å². The van der Waals surface area contributed by atoms with Crippen LogP contribution in [0.25, 0.3) is 10.8 Å². The van der Waals surface area contributed by atoms with Crippen LogP contribution in [0.15, 0.2) is 51.0 Å². The van der Waals surface area contributed by atoms with Gasteiger partial charge in [-0.3, -0.25) is 4.79 Å². The zero-order chi connectivity index (χ0) is 20.9. The Bertz CT molecular complexity index is 1020. The molecule has 1 fully saturated rings. The molecule has 0 N–H and O–H groups in total. The van der Waals surface area contributed by atoms with Crippen LogP contribution in [0.2, 0.25) is 0 Å². The Labute approximate surface area is 178 Å². The minimum Gasteiger partial charge on any atom is -0.497 e. The normalized spacial score (nSPS) is 17.0. The van der Waals surface area contributed by atoms with Crippen LogP contribution in [0, 0.1) is 0 Å². The van der Waals surface area contributed by atoms with E-state index in [4.69, 9.17) is 9.15 Å². The Morgan fingerprint density at radius 3 is 2.80 bits per heavy atom. The van der Waals surface area contributed by atoms with Crippen molar-refractivity contribution in [1.82, 2.24) is 14.7 Å². The third-order valence-corrected chi connectivity index (χ3v) is 6.31. The van der Waals surface area contributed by atoms with E-state index in [2.05, 4.69) is 5.10 Å². The SMILES string of the molecule is COc1ccc(C2CCCCCN2C(=O)CCn2nc(-c3cccs3)oc2=O)cc1. The molecular weight excluding hydrogens is 402 g/mol. The van der Waals surface area contributed by atoms with E-state index in [9.17, 15) is 9.59 Å². The Morgan fingerprint density at radius 1 is 1.23 bits per heavy atom. The Balaban J connectivity index is 1.47. The van der Waals surface area contributed by atoms with Gasteiger partial charge in [0.15, 0.2) is 0 Å². The maximum Gasteiger partial charge on any atom is 0.437 e. The number of carbonyl (C=O) groups excluding carboxylic acids is 1. The molecule has 1 aliphatic rings. The number of likely N-dealkylation sites (tertiary alicyclic amines) is 1. The van der Waals surface area contributed by atoms with Crippen molar-refractivity contribution in [3.63, 3.8) is 0 Å². The van der Waals surface area contributed by atoms with Crippen molar-refractivity contribution in [1.29, 1.82) is 0 Å². The number of methoxy groups -OCH3 is 1. The summed E-state index contributed by atoms with van der Waals surface area (Å²) in [5.74, 6) is 0.601. The molecule has 0 saturated carbocycles. The zero-order valence-electron chi connectivity index (χ0n) is 17.0. The first-order valence-electron chi connectivity index (χ1n) is 10.2. The van der Waals surface area contributed by atoms with Gasteiger partial charge in [0.05, 0.1) is 24.6 Å². The third-order valence-electron chi connectivity index (χ3n) is 5.45. The van der Waals surface area contributed by atoms with Gasteiger partial charge in [-0.2, -0.15) is 4.68 Å². The molecule has 0 aliphatic carbocycles. The van der Waals surface area contributed by atoms with Gasteiger partial charge in [-0.1, -0.05) is 31.0 Å². The number of aryl methyl sites for hydroxylation is 1. The molecule has 7 nitrogen and oxygen atoms in total. The molecule has 1 aliphatic heterocycles. The number of benzene rings is 1. The largest absolute Gasteiger partial charge is 0.497 e. The maximum absolute atomic E-state index is 13.1. The average molecular weight is 428 g/mol. The Hall–Kier alpha value is -2.87. The van der Waals surface area contributed by atoms with Gasteiger partial charge >= 0.3 is 5.76 Å². The smallest absolute Gasteiger partial charge is 0.437 e. The lowest BCUT2D eigenvalue weighted by atomic mass is 10.0. The fourth-order valence-corrected chi connectivity index (χ4v) is 4.52. The number of amides is 1. The van der Waals surface area contributed by atoms with Crippen molar-refractivity contribution in [3.05, 3.63) is 57.9 Å². The van der Waals surface area contributed by atoms with E-state index in [1.807, 2.05) is 46.7 Å². The van der Waals surface area contributed by atoms with Gasteiger partial charge in [0.25, 0.3) is 5.89 Å². The van der Waals surface area contributed by atoms with Gasteiger partial charge in [0.1, 0.15) is 5.75 Å². The highest BCUT2D eigenvalue weighted by Crippen LogP contribution is 2.31. The predicted octanol–water partition coefficient (Wildman–Crippen LogP) is 4.11. The number of aromatic nitrogens is 2. The van der Waals surface area contributed by atoms with Crippen LogP contribution in [0.4, 0.5) is 0 Å². The summed E-state index contributed by atoms with van der Waals surface area (Å²) in [6, 6.07) is 11.7. The molecule has 3 aromatic rings. The van der Waals surface area contributed by atoms with Crippen LogP contribution in [-0.2, 0) is 11.3 Å². The number of rotatable bonds is 6. The summed E-state index contributed by atoms with van der Waals surface area (Å²) in [4.78, 5) is 28.0. The average Bonchev–Trinajstić information content (AvgIpc) is 3.36. The van der Waals surface area contributed by atoms with Gasteiger partial charge in [-0.05, 0) is 42.0 Å². The molecule has 30 heavy (non-hydrogen) atoms. The topological polar surface area (TPSA) is 77.6 Å². The molecular formula is C22H25N3O4S. The van der Waals surface area contributed by atoms with Gasteiger partial charge in [-0.15, -0.1) is 16.4 Å². The molecule has 1 saturated heterocycles. The second-order valence-electron chi connectivity index (χ2n) is 7.35. The van der Waals surface area contributed by atoms with Crippen molar-refractivity contribution >= 4 is 17.2 Å². The molecule has 2 aromatic heterocycles. The second kappa shape index (κ2) is 9.30. The zero-order valence-corrected chi connectivity index (χ0v) is 17.8. The van der Waals surface area contributed by atoms with Crippen LogP contribution in [0.3, 0.4) is 0 Å². The van der Waals surface area contributed by atoms with Crippen LogP contribution in [-0.4, -0.2) is 34.2 Å². The van der Waals surface area contributed by atoms with Crippen LogP contribution in [0.1, 0.15) is 43.7 Å². The van der Waals surface area contributed by atoms with E-state index in [0.717, 1.165) is 48.4 Å². The highest BCUT2D eigenvalue weighted by Gasteiger charge is 2.27. The lowest BCUT2D eigenvalue weighted by molar-refractivity contribution is -0.134. The first-order chi connectivity index (χ1) is 14.7. The summed E-state index contributed by atoms with van der Waals surface area (Å²) in [6.07, 6.45) is 4.34. The fraction of sp³-hybridized carbons (Fsp3) is 0.409. The van der Waals surface area contributed by atoms with E-state index in [1.54, 1.807) is 7.11 Å². The van der Waals surface area contributed by atoms with E-state index >= 15 is 0 Å². The van der Waals surface area contributed by atoms with Crippen molar-refractivity contribution in [2.45, 2.75) is 44.7 Å². The maximum atomic E-state index is 13.1. The molecule has 1 atom stereocenters. The van der Waals surface area contributed by atoms with E-state index in [1.165, 1.54) is 16.0 Å². The van der Waals surface area contributed by atoms with Crippen molar-refractivity contribution < 1.29 is 13.9 Å². The van der Waals surface area contributed by atoms with Crippen molar-refractivity contribution in [2.75, 3.05) is 13.7 Å². The lowest BCUT2D eigenvalue weighted by Gasteiger charge is -2.30. The van der Waals surface area contributed by atoms with Crippen LogP contribution < -0.4 is 10.5 Å². The summed E-state index contributed by atoms with van der Waals surface area (Å²) in [5.41, 5.74) is 1.12. The molecule has 8 heteroatoms. The predicted molar refractivity (Wildman–Crippen MR) is 115 cm³/mol. The van der Waals surface area contributed by atoms with Crippen molar-refractivity contribution in [2.24, 2.45) is 0 Å². The molecule has 1 aromatic carbocycles. The van der Waals surface area contributed by atoms with Gasteiger partial charge in [-0.25, -0.2) is 4.79 Å². The van der Waals surface area contributed by atoms with E-state index < -0.39 is 5.76 Å². The van der Waals surface area contributed by atoms with E-state index in [-0.39, 0.29) is 24.9 Å². The van der Waals surface area contributed by atoms with Crippen LogP contribution in [0.5, 0.6) is 5.75 Å². The second-order valence-corrected chi connectivity index (χ2v) is 8.30. The minimum atomic E-state index is -0.534. The van der Waals surface area contributed by atoms with E-state index in [0.29, 0.717) is 5.89 Å². The quantitative estimate of drug-likeness (QED) is 0.592. The third kappa shape index (κ3) is 4.48. The number of hydrogen-bond donors (Lipinski definition) is 0. The molecule has 0 spiro atoms. The molecule has 1 unspecified atom stereocenters. The molecule has 4 rings (SSSR count). The molecule has 3 heterocycles. The summed E-state index contributed by atoms with van der Waals surface area (Å²) < 4.78 is 11.7. The molecule has 158 valence electrons. The Kier molecular flexibility index (Phi) is 6.32. The van der Waals surface area contributed by atoms with Crippen LogP contribution >= 0.6 is 11.3 Å². The number of ether oxygens (including phenoxy) is 1. The monoisotopic (exact) mass is 427 g/mol. The Morgan fingerprint density at radius 2 is 2.07 bits per heavy atom. The first-order valence-corrected chi connectivity index (χ1v) is 11.1. The van der Waals surface area contributed by atoms with Gasteiger partial charge < -0.3 is 14.1 Å². The first kappa shape index (κ1) is 20.4. The summed E-state index contributed by atoms with van der Waals surface area (Å²) in [6.45, 7) is 0.933. The lowest BCUT2D eigenvalue weighted by Crippen LogP contribution is -2.35. The highest BCUT2D eigenvalue weighted by atomic mass is 32.1. The fourth-order valence-electron chi connectivity index (χ4n) is 3.87. The molecule has 0 radical (unpaired) electrons. The number of carbonyl (C=O) groups is 1. The van der Waals surface area contributed by atoms with Gasteiger partial charge in [0.2, 0.25) is 5.91 Å². The summed E-state index contributed by atoms with van der Waals surface area (Å²) >= 11 is 1.46.